The number of ketones is 1. The van der Waals surface area contributed by atoms with E-state index in [0.29, 0.717) is 5.56 Å². The standard InChI is InChI=1S/C23H21N3O5/c1-2-24-22(28)17-18(23(24)29)20(21(27)14-7-9-15(10-8-14)26(30)31)25-12-11-13-5-3-4-6-16(13)19(17)25/h3-12,17-20,26,30H,2H2,1H3. The number of nitrogens with zero attached hydrogens (tertiary/aromatic N) is 2. The van der Waals surface area contributed by atoms with Crippen LogP contribution >= 0.6 is 0 Å². The Bertz CT molecular complexity index is 1110. The summed E-state index contributed by atoms with van der Waals surface area (Å²) in [4.78, 5) is 43.1. The molecule has 2 aromatic carbocycles. The number of fused-ring (bicyclic) bond motifs is 5. The maximum absolute atomic E-state index is 13.6. The van der Waals surface area contributed by atoms with Crippen LogP contribution in [-0.4, -0.2) is 45.2 Å². The third-order valence-electron chi connectivity index (χ3n) is 6.55. The van der Waals surface area contributed by atoms with Crippen LogP contribution in [0.3, 0.4) is 0 Å². The summed E-state index contributed by atoms with van der Waals surface area (Å²) in [5.41, 5.74) is 2.29. The number of benzene rings is 2. The summed E-state index contributed by atoms with van der Waals surface area (Å²) in [5.74, 6) is -2.27. The van der Waals surface area contributed by atoms with E-state index in [1.54, 1.807) is 13.1 Å². The molecular weight excluding hydrogens is 398 g/mol. The van der Waals surface area contributed by atoms with Gasteiger partial charge in [0.15, 0.2) is 11.5 Å². The number of rotatable bonds is 4. The zero-order valence-electron chi connectivity index (χ0n) is 16.8. The number of carbonyl (C=O) groups is 3. The third-order valence-corrected chi connectivity index (χ3v) is 6.55. The Kier molecular flexibility index (Phi) is 4.51. The van der Waals surface area contributed by atoms with Gasteiger partial charge in [0.1, 0.15) is 6.04 Å². The van der Waals surface area contributed by atoms with Crippen molar-refractivity contribution in [1.82, 2.24) is 9.80 Å². The number of hydrogen-bond donors (Lipinski definition) is 2. The van der Waals surface area contributed by atoms with Crippen LogP contribution in [0.2, 0.25) is 0 Å². The highest BCUT2D eigenvalue weighted by atomic mass is 16.8. The maximum Gasteiger partial charge on any atom is 0.235 e. The predicted octanol–water partition coefficient (Wildman–Crippen LogP) is 1.30. The second kappa shape index (κ2) is 7.12. The fourth-order valence-corrected chi connectivity index (χ4v) is 5.18. The summed E-state index contributed by atoms with van der Waals surface area (Å²) in [6.07, 6.45) is 3.70. The first-order chi connectivity index (χ1) is 14.9. The van der Waals surface area contributed by atoms with E-state index in [2.05, 4.69) is 0 Å². The number of hydrogen-bond acceptors (Lipinski definition) is 6. The summed E-state index contributed by atoms with van der Waals surface area (Å²) >= 11 is 0. The number of quaternary nitrogens is 1. The van der Waals surface area contributed by atoms with Gasteiger partial charge in [0, 0.05) is 30.4 Å². The van der Waals surface area contributed by atoms with Crippen LogP contribution in [-0.2, 0) is 9.59 Å². The molecule has 5 atom stereocenters. The van der Waals surface area contributed by atoms with Crippen molar-refractivity contribution in [3.8, 4) is 0 Å². The Balaban J connectivity index is 1.61. The largest absolute Gasteiger partial charge is 0.595 e. The molecule has 5 rings (SSSR count). The van der Waals surface area contributed by atoms with E-state index in [-0.39, 0.29) is 29.8 Å². The van der Waals surface area contributed by atoms with Gasteiger partial charge >= 0.3 is 0 Å². The molecule has 8 heteroatoms. The van der Waals surface area contributed by atoms with Crippen LogP contribution < -0.4 is 5.23 Å². The molecule has 0 saturated carbocycles. The van der Waals surface area contributed by atoms with Gasteiger partial charge in [-0.15, -0.1) is 0 Å². The summed E-state index contributed by atoms with van der Waals surface area (Å²) < 4.78 is 0. The first kappa shape index (κ1) is 19.6. The number of carbonyl (C=O) groups excluding carboxylic acids is 3. The van der Waals surface area contributed by atoms with Gasteiger partial charge in [-0.3, -0.25) is 19.3 Å². The quantitative estimate of drug-likeness (QED) is 0.440. The minimum Gasteiger partial charge on any atom is -0.595 e. The molecule has 5 unspecified atom stereocenters. The average molecular weight is 419 g/mol. The van der Waals surface area contributed by atoms with Crippen molar-refractivity contribution < 1.29 is 24.8 Å². The molecule has 2 aromatic rings. The number of amides is 2. The zero-order valence-corrected chi connectivity index (χ0v) is 16.8. The average Bonchev–Trinajstić information content (AvgIpc) is 3.25. The van der Waals surface area contributed by atoms with E-state index in [4.69, 9.17) is 5.21 Å². The van der Waals surface area contributed by atoms with Gasteiger partial charge in [-0.1, -0.05) is 24.3 Å². The summed E-state index contributed by atoms with van der Waals surface area (Å²) in [7, 11) is 0. The highest BCUT2D eigenvalue weighted by Gasteiger charge is 2.63. The molecule has 3 aliphatic rings. The minimum atomic E-state index is -1.08. The Hall–Kier alpha value is -3.33. The van der Waals surface area contributed by atoms with E-state index < -0.39 is 29.1 Å². The summed E-state index contributed by atoms with van der Waals surface area (Å²) in [6.45, 7) is 2.02. The molecule has 2 saturated heterocycles. The van der Waals surface area contributed by atoms with Crippen molar-refractivity contribution in [2.24, 2.45) is 11.8 Å². The fourth-order valence-electron chi connectivity index (χ4n) is 5.18. The number of imide groups is 1. The molecule has 0 radical (unpaired) electrons. The van der Waals surface area contributed by atoms with Crippen molar-refractivity contribution in [3.05, 3.63) is 76.6 Å². The second-order valence-corrected chi connectivity index (χ2v) is 8.00. The van der Waals surface area contributed by atoms with Crippen LogP contribution in [0, 0.1) is 17.0 Å². The SMILES string of the molecule is CCN1C(=O)C2C(C1=O)C1c3ccccc3C=CN1C2C(=O)c1ccc([NH+]([O-])O)cc1. The van der Waals surface area contributed by atoms with Crippen molar-refractivity contribution in [2.75, 3.05) is 6.54 Å². The molecule has 3 heterocycles. The molecule has 31 heavy (non-hydrogen) atoms. The molecule has 2 N–H and O–H groups in total. The second-order valence-electron chi connectivity index (χ2n) is 8.00. The molecule has 2 amide bonds. The minimum absolute atomic E-state index is 0.0785. The van der Waals surface area contributed by atoms with Crippen molar-refractivity contribution in [3.63, 3.8) is 0 Å². The molecule has 0 aromatic heterocycles. The van der Waals surface area contributed by atoms with Crippen molar-refractivity contribution in [2.45, 2.75) is 19.0 Å². The predicted molar refractivity (Wildman–Crippen MR) is 110 cm³/mol. The van der Waals surface area contributed by atoms with Gasteiger partial charge < -0.3 is 10.1 Å². The number of likely N-dealkylation sites (tertiary alicyclic amines) is 1. The van der Waals surface area contributed by atoms with Gasteiger partial charge in [0.25, 0.3) is 0 Å². The lowest BCUT2D eigenvalue weighted by molar-refractivity contribution is -0.991. The van der Waals surface area contributed by atoms with Crippen LogP contribution in [0.1, 0.15) is 34.5 Å². The van der Waals surface area contributed by atoms with E-state index >= 15 is 0 Å². The topological polar surface area (TPSA) is 105 Å². The van der Waals surface area contributed by atoms with Gasteiger partial charge in [-0.05, 0) is 36.3 Å². The smallest absolute Gasteiger partial charge is 0.235 e. The lowest BCUT2D eigenvalue weighted by Crippen LogP contribution is -2.99. The lowest BCUT2D eigenvalue weighted by atomic mass is 9.83. The molecule has 8 nitrogen and oxygen atoms in total. The lowest BCUT2D eigenvalue weighted by Gasteiger charge is -2.35. The molecule has 2 fully saturated rings. The number of nitrogens with one attached hydrogen (secondary N) is 1. The molecule has 0 aliphatic carbocycles. The highest BCUT2D eigenvalue weighted by molar-refractivity contribution is 6.12. The zero-order chi connectivity index (χ0) is 21.9. The van der Waals surface area contributed by atoms with Crippen LogP contribution in [0.5, 0.6) is 0 Å². The Morgan fingerprint density at radius 3 is 2.42 bits per heavy atom. The van der Waals surface area contributed by atoms with Gasteiger partial charge in [0.05, 0.1) is 17.9 Å². The highest BCUT2D eigenvalue weighted by Crippen LogP contribution is 2.52. The summed E-state index contributed by atoms with van der Waals surface area (Å²) in [6, 6.07) is 12.2. The first-order valence-corrected chi connectivity index (χ1v) is 10.2. The number of Topliss-reactive ketones (excluding diaryl/α,β-unsaturated/α-hetero) is 1. The third kappa shape index (κ3) is 2.76. The van der Waals surface area contributed by atoms with E-state index in [1.165, 1.54) is 29.2 Å². The monoisotopic (exact) mass is 419 g/mol. The molecule has 158 valence electrons. The van der Waals surface area contributed by atoms with Crippen LogP contribution in [0.4, 0.5) is 5.69 Å². The van der Waals surface area contributed by atoms with Crippen molar-refractivity contribution >= 4 is 29.4 Å². The van der Waals surface area contributed by atoms with Crippen LogP contribution in [0.15, 0.2) is 54.7 Å². The maximum atomic E-state index is 13.6. The normalized spacial score (nSPS) is 27.2. The van der Waals surface area contributed by atoms with Crippen LogP contribution in [0.25, 0.3) is 6.08 Å². The molecule has 0 bridgehead atoms. The van der Waals surface area contributed by atoms with E-state index in [1.807, 2.05) is 35.2 Å². The first-order valence-electron chi connectivity index (χ1n) is 10.2. The Labute approximate surface area is 178 Å². The molecular formula is C23H21N3O5. The Morgan fingerprint density at radius 2 is 1.74 bits per heavy atom. The van der Waals surface area contributed by atoms with Gasteiger partial charge in [-0.25, -0.2) is 5.21 Å². The van der Waals surface area contributed by atoms with E-state index in [9.17, 15) is 19.6 Å². The molecule has 3 aliphatic heterocycles. The van der Waals surface area contributed by atoms with Crippen molar-refractivity contribution in [1.29, 1.82) is 0 Å². The van der Waals surface area contributed by atoms with E-state index in [0.717, 1.165) is 11.1 Å². The summed E-state index contributed by atoms with van der Waals surface area (Å²) in [5, 5.41) is 19.2. The molecule has 0 spiro atoms. The fraction of sp³-hybridized carbons (Fsp3) is 0.261. The van der Waals surface area contributed by atoms with Gasteiger partial charge in [-0.2, -0.15) is 5.23 Å². The van der Waals surface area contributed by atoms with Gasteiger partial charge in [0.2, 0.25) is 11.8 Å². The Morgan fingerprint density at radius 1 is 1.06 bits per heavy atom.